The molecule has 0 aliphatic rings. The number of aryl methyl sites for hydroxylation is 6. The van der Waals surface area contributed by atoms with E-state index in [1.807, 2.05) is 33.0 Å². The summed E-state index contributed by atoms with van der Waals surface area (Å²) >= 11 is -1.22. The van der Waals surface area contributed by atoms with Gasteiger partial charge in [0.05, 0.1) is 6.04 Å². The van der Waals surface area contributed by atoms with Crippen molar-refractivity contribution in [3.63, 3.8) is 0 Å². The molecule has 38 heavy (non-hydrogen) atoms. The first-order valence-corrected chi connectivity index (χ1v) is 14.5. The fourth-order valence-corrected chi connectivity index (χ4v) is 5.52. The number of nitrogens with zero attached hydrogens (tertiary/aromatic N) is 3. The summed E-state index contributed by atoms with van der Waals surface area (Å²) in [6.45, 7) is 14.4. The van der Waals surface area contributed by atoms with Crippen LogP contribution in [0.5, 0.6) is 0 Å². The first-order valence-electron chi connectivity index (χ1n) is 13.3. The monoisotopic (exact) mass is 528 g/mol. The molecule has 6 heteroatoms. The van der Waals surface area contributed by atoms with Gasteiger partial charge in [0.1, 0.15) is 10.6 Å². The summed E-state index contributed by atoms with van der Waals surface area (Å²) in [5.41, 5.74) is 9.15. The fraction of sp³-hybridized carbons (Fsp3) is 0.375. The van der Waals surface area contributed by atoms with Crippen LogP contribution in [0.2, 0.25) is 0 Å². The molecule has 3 aromatic heterocycles. The van der Waals surface area contributed by atoms with Gasteiger partial charge in [0.2, 0.25) is 0 Å². The van der Waals surface area contributed by atoms with Crippen molar-refractivity contribution in [3.8, 4) is 5.82 Å². The van der Waals surface area contributed by atoms with Crippen LogP contribution in [0.15, 0.2) is 66.9 Å². The minimum atomic E-state index is -1.22. The Hall–Kier alpha value is -2.93. The highest BCUT2D eigenvalue weighted by atomic mass is 32.2. The average molecular weight is 529 g/mol. The van der Waals surface area contributed by atoms with Crippen LogP contribution < -0.4 is 4.72 Å². The number of pyridine rings is 2. The molecule has 0 saturated heterocycles. The third kappa shape index (κ3) is 7.13. The maximum atomic E-state index is 13.2. The Labute approximate surface area is 231 Å². The summed E-state index contributed by atoms with van der Waals surface area (Å²) in [6, 6.07) is 21.2. The van der Waals surface area contributed by atoms with Gasteiger partial charge in [0.25, 0.3) is 0 Å². The molecule has 0 amide bonds. The molecule has 1 unspecified atom stereocenters. The van der Waals surface area contributed by atoms with Crippen molar-refractivity contribution in [2.24, 2.45) is 0 Å². The molecule has 2 atom stereocenters. The Kier molecular flexibility index (Phi) is 8.76. The molecule has 3 heterocycles. The van der Waals surface area contributed by atoms with Crippen molar-refractivity contribution in [1.82, 2.24) is 19.3 Å². The number of aromatic nitrogens is 3. The number of hydrogen-bond donors (Lipinski definition) is 1. The average Bonchev–Trinajstić information content (AvgIpc) is 3.19. The lowest BCUT2D eigenvalue weighted by Gasteiger charge is -2.28. The van der Waals surface area contributed by atoms with E-state index in [2.05, 4.69) is 96.6 Å². The van der Waals surface area contributed by atoms with Crippen molar-refractivity contribution in [2.45, 2.75) is 78.5 Å². The van der Waals surface area contributed by atoms with Gasteiger partial charge in [-0.3, -0.25) is 4.98 Å². The molecule has 0 spiro atoms. The van der Waals surface area contributed by atoms with Gasteiger partial charge in [-0.05, 0) is 120 Å². The minimum absolute atomic E-state index is 0.138. The zero-order valence-electron chi connectivity index (χ0n) is 23.7. The summed E-state index contributed by atoms with van der Waals surface area (Å²) < 4.78 is 18.5. The molecule has 0 bridgehead atoms. The molecule has 0 aliphatic heterocycles. The maximum absolute atomic E-state index is 13.2. The maximum Gasteiger partial charge on any atom is 0.137 e. The highest BCUT2D eigenvalue weighted by molar-refractivity contribution is 7.90. The minimum Gasteiger partial charge on any atom is -0.598 e. The van der Waals surface area contributed by atoms with E-state index in [1.54, 1.807) is 0 Å². The standard InChI is InChI=1S/C32H40N4OS/c1-22-15-16-33-28(17-22)14-13-26-9-8-10-27(20-26)30(35-38(37)32(5,6)7)21-29-18-23(2)19-31(34-29)36-24(3)11-12-25(36)4/h8-12,15-20,30,35H,13-14,21H2,1-7H3/t30-,38?/m0/s1. The Morgan fingerprint density at radius 1 is 0.868 bits per heavy atom. The summed E-state index contributed by atoms with van der Waals surface area (Å²) in [7, 11) is 0. The Balaban J connectivity index is 1.63. The van der Waals surface area contributed by atoms with Crippen molar-refractivity contribution >= 4 is 11.4 Å². The quantitative estimate of drug-likeness (QED) is 0.248. The molecule has 0 aliphatic carbocycles. The van der Waals surface area contributed by atoms with Crippen molar-refractivity contribution < 1.29 is 4.55 Å². The van der Waals surface area contributed by atoms with E-state index in [0.29, 0.717) is 6.42 Å². The predicted octanol–water partition coefficient (Wildman–Crippen LogP) is 6.62. The van der Waals surface area contributed by atoms with Gasteiger partial charge < -0.3 is 9.12 Å². The van der Waals surface area contributed by atoms with Crippen LogP contribution in [0.25, 0.3) is 5.82 Å². The first-order chi connectivity index (χ1) is 18.0. The first kappa shape index (κ1) is 28.1. The molecular weight excluding hydrogens is 488 g/mol. The normalized spacial score (nSPS) is 13.5. The van der Waals surface area contributed by atoms with Crippen LogP contribution in [0.1, 0.15) is 71.8 Å². The highest BCUT2D eigenvalue weighted by Crippen LogP contribution is 2.26. The smallest absolute Gasteiger partial charge is 0.137 e. The van der Waals surface area contributed by atoms with Gasteiger partial charge in [-0.15, -0.1) is 4.72 Å². The number of rotatable bonds is 9. The third-order valence-electron chi connectivity index (χ3n) is 6.72. The van der Waals surface area contributed by atoms with Gasteiger partial charge in [0, 0.05) is 46.8 Å². The van der Waals surface area contributed by atoms with Crippen LogP contribution >= 0.6 is 0 Å². The van der Waals surface area contributed by atoms with Crippen molar-refractivity contribution in [3.05, 3.63) is 112 Å². The summed E-state index contributed by atoms with van der Waals surface area (Å²) in [5, 5.41) is 0. The zero-order chi connectivity index (χ0) is 27.4. The van der Waals surface area contributed by atoms with E-state index < -0.39 is 11.4 Å². The lowest BCUT2D eigenvalue weighted by molar-refractivity contribution is 0.520. The molecule has 4 rings (SSSR count). The summed E-state index contributed by atoms with van der Waals surface area (Å²) in [4.78, 5) is 9.58. The van der Waals surface area contributed by atoms with E-state index in [9.17, 15) is 4.55 Å². The fourth-order valence-electron chi connectivity index (χ4n) is 4.68. The molecule has 5 nitrogen and oxygen atoms in total. The van der Waals surface area contributed by atoms with E-state index in [4.69, 9.17) is 4.98 Å². The molecule has 0 saturated carbocycles. The number of hydrogen-bond acceptors (Lipinski definition) is 4. The van der Waals surface area contributed by atoms with E-state index in [1.165, 1.54) is 11.1 Å². The predicted molar refractivity (Wildman–Crippen MR) is 158 cm³/mol. The molecule has 4 aromatic rings. The molecule has 0 radical (unpaired) electrons. The molecule has 0 fully saturated rings. The zero-order valence-corrected chi connectivity index (χ0v) is 24.5. The van der Waals surface area contributed by atoms with Gasteiger partial charge in [-0.2, -0.15) is 0 Å². The SMILES string of the molecule is Cc1ccnc(CCc2cccc([C@H](Cc3cc(C)cc(-n4c(C)ccc4C)n3)N[S+]([O-])C(C)(C)C)c2)c1. The van der Waals surface area contributed by atoms with Gasteiger partial charge in [-0.25, -0.2) is 4.98 Å². The second-order valence-corrected chi connectivity index (χ2v) is 13.3. The highest BCUT2D eigenvalue weighted by Gasteiger charge is 2.30. The lowest BCUT2D eigenvalue weighted by atomic mass is 9.98. The van der Waals surface area contributed by atoms with Crippen molar-refractivity contribution in [2.75, 3.05) is 0 Å². The van der Waals surface area contributed by atoms with Crippen molar-refractivity contribution in [1.29, 1.82) is 0 Å². The van der Waals surface area contributed by atoms with E-state index in [0.717, 1.165) is 52.6 Å². The third-order valence-corrected chi connectivity index (χ3v) is 8.33. The topological polar surface area (TPSA) is 65.8 Å². The van der Waals surface area contributed by atoms with Gasteiger partial charge in [-0.1, -0.05) is 24.3 Å². The van der Waals surface area contributed by atoms with Crippen LogP contribution in [0.3, 0.4) is 0 Å². The van der Waals surface area contributed by atoms with E-state index in [-0.39, 0.29) is 10.8 Å². The van der Waals surface area contributed by atoms with Gasteiger partial charge in [0.15, 0.2) is 0 Å². The summed E-state index contributed by atoms with van der Waals surface area (Å²) in [6.07, 6.45) is 4.30. The van der Waals surface area contributed by atoms with Gasteiger partial charge >= 0.3 is 0 Å². The lowest BCUT2D eigenvalue weighted by Crippen LogP contribution is -2.42. The Bertz CT molecular complexity index is 1370. The van der Waals surface area contributed by atoms with E-state index >= 15 is 0 Å². The second kappa shape index (κ2) is 11.9. The number of nitrogens with one attached hydrogen (secondary N) is 1. The molecular formula is C32H40N4OS. The largest absolute Gasteiger partial charge is 0.598 e. The Morgan fingerprint density at radius 3 is 2.26 bits per heavy atom. The Morgan fingerprint density at radius 2 is 1.58 bits per heavy atom. The summed E-state index contributed by atoms with van der Waals surface area (Å²) in [5.74, 6) is 0.926. The molecule has 200 valence electrons. The molecule has 1 aromatic carbocycles. The van der Waals surface area contributed by atoms with Crippen LogP contribution in [-0.2, 0) is 30.6 Å². The number of benzene rings is 1. The molecule has 1 N–H and O–H groups in total. The van der Waals surface area contributed by atoms with Crippen LogP contribution in [0.4, 0.5) is 0 Å². The van der Waals surface area contributed by atoms with Crippen LogP contribution in [-0.4, -0.2) is 23.8 Å². The van der Waals surface area contributed by atoms with Crippen LogP contribution in [0, 0.1) is 27.7 Å². The second-order valence-electron chi connectivity index (χ2n) is 11.3.